The average Bonchev–Trinajstić information content (AvgIpc) is 2.54. The van der Waals surface area contributed by atoms with Crippen molar-refractivity contribution in [2.45, 2.75) is 22.3 Å². The molecule has 186 valence electrons. The summed E-state index contributed by atoms with van der Waals surface area (Å²) < 4.78 is 0. The van der Waals surface area contributed by atoms with E-state index in [4.69, 9.17) is 70.9 Å². The van der Waals surface area contributed by atoms with Gasteiger partial charge in [0.25, 0.3) is 23.1 Å². The van der Waals surface area contributed by atoms with E-state index in [0.717, 1.165) is 12.9 Å². The van der Waals surface area contributed by atoms with Gasteiger partial charge in [-0.15, -0.1) is 20.2 Å². The summed E-state index contributed by atoms with van der Waals surface area (Å²) in [5.74, 6) is 0. The van der Waals surface area contributed by atoms with E-state index in [0.29, 0.717) is 0 Å². The van der Waals surface area contributed by atoms with Crippen molar-refractivity contribution in [2.75, 3.05) is 0 Å². The molecule has 27 heteroatoms. The monoisotopic (exact) mass is 811 g/mol. The first-order valence-corrected chi connectivity index (χ1v) is 3.59. The molecule has 0 rings (SSSR count). The molecule has 0 aliphatic rings. The van der Waals surface area contributed by atoms with Gasteiger partial charge in [0.05, 0.1) is 0 Å². The molecule has 0 aromatic heterocycles. The van der Waals surface area contributed by atoms with E-state index in [1.165, 1.54) is 0 Å². The molecule has 4 N–H and O–H groups in total. The Balaban J connectivity index is -0.00000000633. The number of hydrogen-bond donors (Lipinski definition) is 4. The normalized spacial score (nSPS) is 3.88. The fourth-order valence-corrected chi connectivity index (χ4v) is 0. The summed E-state index contributed by atoms with van der Waals surface area (Å²) in [6.45, 7) is 1.11. The predicted octanol–water partition coefficient (Wildman–Crippen LogP) is -14.6. The summed E-state index contributed by atoms with van der Waals surface area (Å²) in [6.07, 6.45) is 0. The third-order valence-electron chi connectivity index (χ3n) is 0.153. The average molecular weight is 815 g/mol. The topological polar surface area (TPSA) is 319 Å². The fourth-order valence-electron chi connectivity index (χ4n) is 0. The molecular weight excluding hydrogens is 795 g/mol. The number of carbonyl (C=O) groups is 2. The molecule has 0 bridgehead atoms. The van der Waals surface area contributed by atoms with Crippen molar-refractivity contribution in [1.82, 2.24) is 0 Å². The van der Waals surface area contributed by atoms with Gasteiger partial charge in [0.15, 0.2) is 0 Å². The first kappa shape index (κ1) is 107. The number of hydrogen-bond acceptors (Lipinski definition) is 16. The van der Waals surface area contributed by atoms with Crippen LogP contribution in [0.4, 0.5) is 0 Å². The van der Waals surface area contributed by atoms with Gasteiger partial charge >= 0.3 is 228 Å². The fraction of sp³-hybridized carbons (Fsp3) is 0.429. The van der Waals surface area contributed by atoms with Crippen molar-refractivity contribution in [1.29, 1.82) is 0 Å². The SMILES string of the molecule is C.C.C.O=CO[O-].O=CO[O-].O=[C-]OO.O=[C-]OO.O=[N+]([O-])O.O=[N+]([O-])O.[Ag+].[H-].[H-].[K+].[K+].[K+].[K+].[Zn].[Zn]. The Bertz CT molecular complexity index is 279. The smallest absolute Gasteiger partial charge is 1.00 e. The van der Waals surface area contributed by atoms with Gasteiger partial charge in [-0.25, -0.2) is 10.5 Å². The maximum absolute atomic E-state index is 8.64. The van der Waals surface area contributed by atoms with E-state index in [9.17, 15) is 0 Å². The minimum atomic E-state index is -1.50. The molecular formula is C7H20AgK4N2O18Zn2-. The molecule has 0 saturated heterocycles. The summed E-state index contributed by atoms with van der Waals surface area (Å²) in [5.41, 5.74) is 0. The van der Waals surface area contributed by atoms with Crippen LogP contribution in [0.2, 0.25) is 0 Å². The van der Waals surface area contributed by atoms with Crippen molar-refractivity contribution < 1.29 is 350 Å². The summed E-state index contributed by atoms with van der Waals surface area (Å²) in [5, 5.41) is 58.0. The van der Waals surface area contributed by atoms with E-state index in [2.05, 4.69) is 19.6 Å². The van der Waals surface area contributed by atoms with Crippen LogP contribution in [0.25, 0.3) is 0 Å². The summed E-state index contributed by atoms with van der Waals surface area (Å²) >= 11 is 0. The summed E-state index contributed by atoms with van der Waals surface area (Å²) in [4.78, 5) is 61.8. The van der Waals surface area contributed by atoms with Crippen LogP contribution >= 0.6 is 0 Å². The van der Waals surface area contributed by atoms with E-state index in [-0.39, 0.29) is 305 Å². The van der Waals surface area contributed by atoms with Crippen molar-refractivity contribution in [3.63, 3.8) is 0 Å². The molecule has 0 heterocycles. The maximum atomic E-state index is 8.64. The largest absolute Gasteiger partial charge is 1.00 e. The van der Waals surface area contributed by atoms with Gasteiger partial charge in [0, 0.05) is 39.0 Å². The second-order valence-electron chi connectivity index (χ2n) is 1.21. The van der Waals surface area contributed by atoms with Crippen molar-refractivity contribution in [3.05, 3.63) is 20.2 Å². The molecule has 0 aromatic rings. The molecule has 34 heavy (non-hydrogen) atoms. The van der Waals surface area contributed by atoms with Gasteiger partial charge in [-0.05, 0) is 12.9 Å². The summed E-state index contributed by atoms with van der Waals surface area (Å²) in [7, 11) is 0. The maximum Gasteiger partial charge on any atom is 1.00 e. The minimum Gasteiger partial charge on any atom is -1.00 e. The Morgan fingerprint density at radius 2 is 0.765 bits per heavy atom. The quantitative estimate of drug-likeness (QED) is 0.0511. The molecule has 0 amide bonds. The van der Waals surface area contributed by atoms with Crippen LogP contribution in [0.3, 0.4) is 0 Å². The zero-order valence-corrected chi connectivity index (χ0v) is 36.2. The van der Waals surface area contributed by atoms with Gasteiger partial charge in [0.1, 0.15) is 0 Å². The first-order valence-electron chi connectivity index (χ1n) is 3.59. The second kappa shape index (κ2) is 145. The zero-order chi connectivity index (χ0) is 20.8. The predicted molar refractivity (Wildman–Crippen MR) is 73.1 cm³/mol. The second-order valence-corrected chi connectivity index (χ2v) is 1.21. The molecule has 0 aliphatic carbocycles. The Kier molecular flexibility index (Phi) is 457. The van der Waals surface area contributed by atoms with Gasteiger partial charge in [-0.3, -0.25) is 9.59 Å². The van der Waals surface area contributed by atoms with Gasteiger partial charge < -0.3 is 52.9 Å². The molecule has 20 nitrogen and oxygen atoms in total. The van der Waals surface area contributed by atoms with E-state index in [1.807, 2.05) is 0 Å². The number of carbonyl (C=O) groups excluding carboxylic acids is 4. The Labute approximate surface area is 408 Å². The minimum absolute atomic E-state index is 0. The standard InChI is InChI=1S/2CH2O3.2CHO3.3CH4.Ag.4K.2HNO3.2Zn.2H/c4*2-1-4-3;;;;;;;;;2*2-1(3)4;;;;/h2*1,3H;2*3H;3*1H4;;;;;;2*(H,2,3,4);;;;/q;;2*-1;;;;5*+1;;;;;2*-1/p-2. The van der Waals surface area contributed by atoms with Crippen LogP contribution in [-0.2, 0) is 100 Å². The van der Waals surface area contributed by atoms with Crippen LogP contribution in [0.1, 0.15) is 25.1 Å². The van der Waals surface area contributed by atoms with Crippen LogP contribution in [0.5, 0.6) is 0 Å². The molecule has 0 fully saturated rings. The van der Waals surface area contributed by atoms with Gasteiger partial charge in [-0.1, -0.05) is 22.3 Å². The Morgan fingerprint density at radius 3 is 0.765 bits per heavy atom. The van der Waals surface area contributed by atoms with Crippen LogP contribution < -0.4 is 216 Å². The van der Waals surface area contributed by atoms with E-state index < -0.39 is 10.2 Å². The zero-order valence-electron chi connectivity index (χ0n) is 18.3. The first-order chi connectivity index (χ1) is 11.1. The van der Waals surface area contributed by atoms with Crippen LogP contribution in [0, 0.1) is 20.2 Å². The molecule has 0 atom stereocenters. The third-order valence-corrected chi connectivity index (χ3v) is 0.153. The summed E-state index contributed by atoms with van der Waals surface area (Å²) in [6, 6.07) is 0. The number of nitrogens with zero attached hydrogens (tertiary/aromatic N) is 2. The van der Waals surface area contributed by atoms with Crippen LogP contribution in [0.15, 0.2) is 0 Å². The van der Waals surface area contributed by atoms with Gasteiger partial charge in [0.2, 0.25) is 0 Å². The molecule has 0 aliphatic heterocycles. The van der Waals surface area contributed by atoms with Crippen molar-refractivity contribution in [3.8, 4) is 0 Å². The third kappa shape index (κ3) is 622. The van der Waals surface area contributed by atoms with Gasteiger partial charge in [-0.2, -0.15) is 0 Å². The Morgan fingerprint density at radius 1 is 0.706 bits per heavy atom. The van der Waals surface area contributed by atoms with E-state index >= 15 is 0 Å². The number of rotatable bonds is 4. The molecule has 0 radical (unpaired) electrons. The Hall–Kier alpha value is 4.65. The van der Waals surface area contributed by atoms with Crippen molar-refractivity contribution >= 4 is 25.9 Å². The van der Waals surface area contributed by atoms with E-state index in [1.54, 1.807) is 0 Å². The molecule has 0 saturated carbocycles. The van der Waals surface area contributed by atoms with Crippen molar-refractivity contribution in [2.24, 2.45) is 0 Å². The molecule has 0 spiro atoms. The molecule has 0 aromatic carbocycles. The molecule has 0 unspecified atom stereocenters. The van der Waals surface area contributed by atoms with Crippen LogP contribution in [-0.4, -0.2) is 57.0 Å².